The summed E-state index contributed by atoms with van der Waals surface area (Å²) in [5.41, 5.74) is 1.69. The van der Waals surface area contributed by atoms with Gasteiger partial charge in [0.15, 0.2) is 11.5 Å². The lowest BCUT2D eigenvalue weighted by molar-refractivity contribution is -0.143. The number of hydrogen-bond donors (Lipinski definition) is 1. The minimum atomic E-state index is -0.707. The molecule has 0 heterocycles. The molecule has 0 saturated carbocycles. The quantitative estimate of drug-likeness (QED) is 0.405. The maximum atomic E-state index is 12.3. The average Bonchev–Trinajstić information content (AvgIpc) is 2.65. The first-order valence-electron chi connectivity index (χ1n) is 8.65. The van der Waals surface area contributed by atoms with Crippen molar-refractivity contribution in [1.82, 2.24) is 0 Å². The van der Waals surface area contributed by atoms with Crippen molar-refractivity contribution < 1.29 is 24.2 Å². The van der Waals surface area contributed by atoms with E-state index in [0.29, 0.717) is 15.6 Å². The van der Waals surface area contributed by atoms with E-state index >= 15 is 0 Å². The molecule has 1 unspecified atom stereocenters. The van der Waals surface area contributed by atoms with Gasteiger partial charge in [-0.05, 0) is 37.1 Å². The summed E-state index contributed by atoms with van der Waals surface area (Å²) in [4.78, 5) is 28.4. The number of benzene rings is 2. The molecule has 0 aliphatic heterocycles. The van der Waals surface area contributed by atoms with Gasteiger partial charge in [0.05, 0.1) is 12.7 Å². The number of ether oxygens (including phenoxy) is 2. The van der Waals surface area contributed by atoms with Crippen LogP contribution in [0.15, 0.2) is 45.9 Å². The average molecular weight is 448 g/mol. The van der Waals surface area contributed by atoms with Crippen LogP contribution in [0.1, 0.15) is 35.3 Å². The van der Waals surface area contributed by atoms with E-state index in [1.165, 1.54) is 19.4 Å². The lowest BCUT2D eigenvalue weighted by atomic mass is 10.1. The number of methoxy groups -OCH3 is 1. The van der Waals surface area contributed by atoms with Gasteiger partial charge in [0.2, 0.25) is 0 Å². The van der Waals surface area contributed by atoms with Crippen LogP contribution in [0.2, 0.25) is 0 Å². The Kier molecular flexibility index (Phi) is 7.34. The van der Waals surface area contributed by atoms with Crippen molar-refractivity contribution in [3.63, 3.8) is 0 Å². The van der Waals surface area contributed by atoms with Gasteiger partial charge in [0.25, 0.3) is 0 Å². The second-order valence-electron chi connectivity index (χ2n) is 6.59. The zero-order valence-corrected chi connectivity index (χ0v) is 17.7. The summed E-state index contributed by atoms with van der Waals surface area (Å²) < 4.78 is 10.7. The number of aromatic hydroxyl groups is 1. The fourth-order valence-corrected chi connectivity index (χ4v) is 2.86. The second kappa shape index (κ2) is 9.50. The maximum Gasteiger partial charge on any atom is 0.343 e. The van der Waals surface area contributed by atoms with Gasteiger partial charge < -0.3 is 14.6 Å². The number of carbonyl (C=O) groups is 2. The topological polar surface area (TPSA) is 85.2 Å². The Morgan fingerprint density at radius 2 is 1.82 bits per heavy atom. The van der Waals surface area contributed by atoms with E-state index in [1.54, 1.807) is 30.3 Å². The number of carbonyl (C=O) groups excluding carboxylic acids is 2. The van der Waals surface area contributed by atoms with Gasteiger partial charge in [-0.3, -0.25) is 4.99 Å². The summed E-state index contributed by atoms with van der Waals surface area (Å²) in [5, 5.41) is 10.5. The van der Waals surface area contributed by atoms with Gasteiger partial charge >= 0.3 is 11.9 Å². The molecule has 0 amide bonds. The van der Waals surface area contributed by atoms with Crippen LogP contribution in [0.5, 0.6) is 11.5 Å². The molecule has 148 valence electrons. The third-order valence-electron chi connectivity index (χ3n) is 4.01. The zero-order chi connectivity index (χ0) is 20.8. The third kappa shape index (κ3) is 5.42. The van der Waals surface area contributed by atoms with E-state index in [4.69, 9.17) is 9.47 Å². The van der Waals surface area contributed by atoms with Crippen LogP contribution in [-0.4, -0.2) is 36.4 Å². The Bertz CT molecular complexity index is 890. The molecular formula is C21H22BrNO5. The molecule has 0 spiro atoms. The Balaban J connectivity index is 2.30. The van der Waals surface area contributed by atoms with Crippen LogP contribution in [0.4, 0.5) is 0 Å². The van der Waals surface area contributed by atoms with Gasteiger partial charge in [-0.15, -0.1) is 0 Å². The second-order valence-corrected chi connectivity index (χ2v) is 7.50. The molecule has 1 atom stereocenters. The van der Waals surface area contributed by atoms with Crippen LogP contribution in [0.25, 0.3) is 0 Å². The number of esters is 2. The number of phenolic OH excluding ortho intramolecular Hbond substituents is 1. The van der Waals surface area contributed by atoms with E-state index in [1.807, 2.05) is 20.8 Å². The number of phenols is 1. The number of nitrogens with zero attached hydrogens (tertiary/aromatic N) is 1. The molecule has 2 aromatic carbocycles. The molecule has 0 saturated heterocycles. The van der Waals surface area contributed by atoms with Crippen molar-refractivity contribution in [3.8, 4) is 11.5 Å². The zero-order valence-electron chi connectivity index (χ0n) is 16.1. The Hall–Kier alpha value is -2.67. The molecule has 2 aromatic rings. The van der Waals surface area contributed by atoms with E-state index in [9.17, 15) is 14.7 Å². The van der Waals surface area contributed by atoms with Crippen molar-refractivity contribution in [2.45, 2.75) is 26.8 Å². The number of aliphatic imine (C=N–C) groups is 1. The minimum absolute atomic E-state index is 0.0134. The molecule has 7 heteroatoms. The highest BCUT2D eigenvalue weighted by Gasteiger charge is 2.22. The first kappa shape index (κ1) is 21.6. The molecule has 2 rings (SSSR count). The monoisotopic (exact) mass is 447 g/mol. The van der Waals surface area contributed by atoms with Gasteiger partial charge in [-0.2, -0.15) is 0 Å². The summed E-state index contributed by atoms with van der Waals surface area (Å²) >= 11 is 3.33. The van der Waals surface area contributed by atoms with Crippen LogP contribution in [-0.2, 0) is 9.53 Å². The highest BCUT2D eigenvalue weighted by Crippen LogP contribution is 2.33. The van der Waals surface area contributed by atoms with Gasteiger partial charge in [0, 0.05) is 16.3 Å². The lowest BCUT2D eigenvalue weighted by Gasteiger charge is -2.14. The number of aryl methyl sites for hydroxylation is 1. The first-order chi connectivity index (χ1) is 13.2. The van der Waals surface area contributed by atoms with Crippen LogP contribution in [0.3, 0.4) is 0 Å². The van der Waals surface area contributed by atoms with Crippen LogP contribution < -0.4 is 4.74 Å². The summed E-state index contributed by atoms with van der Waals surface area (Å²) in [6.45, 7) is 5.60. The number of rotatable bonds is 6. The standard InChI is InChI=1S/C21H22BrNO5/c1-12(2)18(21(26)27-4)23-11-15-9-16(22)10-17(19(15)24)28-20(25)14-7-5-13(3)6-8-14/h5-12,18,24H,1-4H3. The van der Waals surface area contributed by atoms with Crippen molar-refractivity contribution in [3.05, 3.63) is 57.6 Å². The number of halogens is 1. The molecule has 0 aromatic heterocycles. The molecule has 0 radical (unpaired) electrons. The van der Waals surface area contributed by atoms with Crippen LogP contribution >= 0.6 is 15.9 Å². The van der Waals surface area contributed by atoms with Gasteiger partial charge in [-0.25, -0.2) is 9.59 Å². The van der Waals surface area contributed by atoms with Crippen molar-refractivity contribution >= 4 is 34.1 Å². The molecule has 0 fully saturated rings. The van der Waals surface area contributed by atoms with Crippen LogP contribution in [0, 0.1) is 12.8 Å². The highest BCUT2D eigenvalue weighted by molar-refractivity contribution is 9.10. The summed E-state index contributed by atoms with van der Waals surface area (Å²) in [7, 11) is 1.30. The molecule has 0 aliphatic rings. The summed E-state index contributed by atoms with van der Waals surface area (Å²) in [5.74, 6) is -1.41. The molecule has 6 nitrogen and oxygen atoms in total. The lowest BCUT2D eigenvalue weighted by Crippen LogP contribution is -2.26. The van der Waals surface area contributed by atoms with E-state index in [2.05, 4.69) is 20.9 Å². The van der Waals surface area contributed by atoms with Crippen molar-refractivity contribution in [2.24, 2.45) is 10.9 Å². The highest BCUT2D eigenvalue weighted by atomic mass is 79.9. The molecular weight excluding hydrogens is 426 g/mol. The van der Waals surface area contributed by atoms with E-state index in [0.717, 1.165) is 5.56 Å². The molecule has 28 heavy (non-hydrogen) atoms. The Morgan fingerprint density at radius 1 is 1.18 bits per heavy atom. The fraction of sp³-hybridized carbons (Fsp3) is 0.286. The normalized spacial score (nSPS) is 12.2. The predicted molar refractivity (Wildman–Crippen MR) is 110 cm³/mol. The smallest absolute Gasteiger partial charge is 0.343 e. The number of hydrogen-bond acceptors (Lipinski definition) is 6. The third-order valence-corrected chi connectivity index (χ3v) is 4.47. The fourth-order valence-electron chi connectivity index (χ4n) is 2.41. The minimum Gasteiger partial charge on any atom is -0.504 e. The SMILES string of the molecule is COC(=O)C(N=Cc1cc(Br)cc(OC(=O)c2ccc(C)cc2)c1O)C(C)C. The van der Waals surface area contributed by atoms with Crippen molar-refractivity contribution in [1.29, 1.82) is 0 Å². The van der Waals surface area contributed by atoms with E-state index in [-0.39, 0.29) is 17.4 Å². The maximum absolute atomic E-state index is 12.3. The van der Waals surface area contributed by atoms with Gasteiger partial charge in [0.1, 0.15) is 6.04 Å². The Morgan fingerprint density at radius 3 is 2.39 bits per heavy atom. The summed E-state index contributed by atoms with van der Waals surface area (Å²) in [6, 6.07) is 9.29. The van der Waals surface area contributed by atoms with E-state index < -0.39 is 18.0 Å². The molecule has 1 N–H and O–H groups in total. The molecule has 0 aliphatic carbocycles. The predicted octanol–water partition coefficient (Wildman–Crippen LogP) is 4.30. The molecule has 0 bridgehead atoms. The first-order valence-corrected chi connectivity index (χ1v) is 9.44. The largest absolute Gasteiger partial charge is 0.504 e. The van der Waals surface area contributed by atoms with Gasteiger partial charge in [-0.1, -0.05) is 47.5 Å². The van der Waals surface area contributed by atoms with Crippen molar-refractivity contribution in [2.75, 3.05) is 7.11 Å². The summed E-state index contributed by atoms with van der Waals surface area (Å²) in [6.07, 6.45) is 1.37. The Labute approximate surface area is 172 Å².